The van der Waals surface area contributed by atoms with Gasteiger partial charge in [0.05, 0.1) is 7.11 Å². The first-order valence-electron chi connectivity index (χ1n) is 9.47. The van der Waals surface area contributed by atoms with Crippen molar-refractivity contribution in [1.82, 2.24) is 9.80 Å². The zero-order valence-electron chi connectivity index (χ0n) is 16.4. The van der Waals surface area contributed by atoms with E-state index in [0.717, 1.165) is 60.5 Å². The summed E-state index contributed by atoms with van der Waals surface area (Å²) in [5.41, 5.74) is 4.11. The quantitative estimate of drug-likeness (QED) is 0.779. The van der Waals surface area contributed by atoms with Gasteiger partial charge in [-0.05, 0) is 67.9 Å². The Morgan fingerprint density at radius 2 is 1.70 bits per heavy atom. The molecule has 1 amide bonds. The third-order valence-electron chi connectivity index (χ3n) is 4.88. The third-order valence-corrected chi connectivity index (χ3v) is 4.88. The molecular formula is C23H28N2O2. The molecule has 1 saturated heterocycles. The van der Waals surface area contributed by atoms with E-state index in [2.05, 4.69) is 31.1 Å². The number of nitrogens with zero attached hydrogens (tertiary/aromatic N) is 2. The Balaban J connectivity index is 1.90. The molecule has 1 aliphatic heterocycles. The first-order valence-corrected chi connectivity index (χ1v) is 9.47. The number of amides is 1. The third kappa shape index (κ3) is 4.77. The van der Waals surface area contributed by atoms with E-state index in [4.69, 9.17) is 4.74 Å². The number of hydrogen-bond donors (Lipinski definition) is 0. The lowest BCUT2D eigenvalue weighted by atomic mass is 9.96. The number of likely N-dealkylation sites (N-methyl/N-ethyl adjacent to an activating group) is 1. The van der Waals surface area contributed by atoms with Crippen molar-refractivity contribution in [3.8, 4) is 5.75 Å². The summed E-state index contributed by atoms with van der Waals surface area (Å²) in [6, 6.07) is 16.1. The Morgan fingerprint density at radius 3 is 2.33 bits per heavy atom. The standard InChI is InChI=1S/C23H28N2O2/c1-24(2)16-13-22(20-7-6-8-21(17-20)27-3)18-9-11-19(12-10-18)23(26)25-14-4-5-15-25/h6-13,17H,4-5,14-16H2,1-3H3/b22-13+. The van der Waals surface area contributed by atoms with E-state index >= 15 is 0 Å². The highest BCUT2D eigenvalue weighted by molar-refractivity contribution is 5.95. The van der Waals surface area contributed by atoms with Crippen molar-refractivity contribution in [2.45, 2.75) is 12.8 Å². The molecule has 4 nitrogen and oxygen atoms in total. The predicted octanol–water partition coefficient (Wildman–Crippen LogP) is 3.92. The summed E-state index contributed by atoms with van der Waals surface area (Å²) in [6.07, 6.45) is 4.43. The lowest BCUT2D eigenvalue weighted by Crippen LogP contribution is -2.27. The Bertz CT molecular complexity index is 803. The van der Waals surface area contributed by atoms with Crippen molar-refractivity contribution in [3.63, 3.8) is 0 Å². The average Bonchev–Trinajstić information content (AvgIpc) is 3.23. The average molecular weight is 364 g/mol. The summed E-state index contributed by atoms with van der Waals surface area (Å²) in [7, 11) is 5.79. The molecule has 3 rings (SSSR count). The topological polar surface area (TPSA) is 32.8 Å². The van der Waals surface area contributed by atoms with Crippen molar-refractivity contribution < 1.29 is 9.53 Å². The van der Waals surface area contributed by atoms with Gasteiger partial charge in [-0.15, -0.1) is 0 Å². The molecule has 0 bridgehead atoms. The highest BCUT2D eigenvalue weighted by Gasteiger charge is 2.19. The van der Waals surface area contributed by atoms with Gasteiger partial charge in [0.2, 0.25) is 0 Å². The molecule has 142 valence electrons. The van der Waals surface area contributed by atoms with Crippen LogP contribution < -0.4 is 4.74 Å². The van der Waals surface area contributed by atoms with Gasteiger partial charge in [-0.2, -0.15) is 0 Å². The smallest absolute Gasteiger partial charge is 0.253 e. The highest BCUT2D eigenvalue weighted by atomic mass is 16.5. The van der Waals surface area contributed by atoms with Crippen molar-refractivity contribution in [2.75, 3.05) is 40.8 Å². The molecule has 2 aromatic rings. The van der Waals surface area contributed by atoms with Crippen LogP contribution in [0.1, 0.15) is 34.3 Å². The number of carbonyl (C=O) groups excluding carboxylic acids is 1. The van der Waals surface area contributed by atoms with Gasteiger partial charge in [0.25, 0.3) is 5.91 Å². The molecule has 0 aliphatic carbocycles. The summed E-state index contributed by atoms with van der Waals surface area (Å²) in [4.78, 5) is 16.7. The minimum absolute atomic E-state index is 0.138. The maximum absolute atomic E-state index is 12.6. The fourth-order valence-corrected chi connectivity index (χ4v) is 3.36. The summed E-state index contributed by atoms with van der Waals surface area (Å²) in [6.45, 7) is 2.58. The Kier molecular flexibility index (Phi) is 6.30. The maximum Gasteiger partial charge on any atom is 0.253 e. The molecule has 0 aromatic heterocycles. The fourth-order valence-electron chi connectivity index (χ4n) is 3.36. The minimum Gasteiger partial charge on any atom is -0.497 e. The molecule has 0 unspecified atom stereocenters. The van der Waals surface area contributed by atoms with Crippen LogP contribution >= 0.6 is 0 Å². The molecule has 1 aliphatic rings. The van der Waals surface area contributed by atoms with Gasteiger partial charge in [0, 0.05) is 25.2 Å². The molecule has 27 heavy (non-hydrogen) atoms. The fraction of sp³-hybridized carbons (Fsp3) is 0.348. The van der Waals surface area contributed by atoms with Crippen molar-refractivity contribution >= 4 is 11.5 Å². The monoisotopic (exact) mass is 364 g/mol. The molecule has 0 radical (unpaired) electrons. The number of hydrogen-bond acceptors (Lipinski definition) is 3. The normalized spacial score (nSPS) is 14.7. The van der Waals surface area contributed by atoms with E-state index in [0.29, 0.717) is 0 Å². The van der Waals surface area contributed by atoms with Gasteiger partial charge in [-0.25, -0.2) is 0 Å². The summed E-state index contributed by atoms with van der Waals surface area (Å²) in [5, 5.41) is 0. The Morgan fingerprint density at radius 1 is 1.04 bits per heavy atom. The molecular weight excluding hydrogens is 336 g/mol. The SMILES string of the molecule is COc1cccc(/C(=C/CN(C)C)c2ccc(C(=O)N3CCCC3)cc2)c1. The number of rotatable bonds is 6. The number of carbonyl (C=O) groups is 1. The van der Waals surface area contributed by atoms with E-state index in [9.17, 15) is 4.79 Å². The van der Waals surface area contributed by atoms with Crippen molar-refractivity contribution in [2.24, 2.45) is 0 Å². The largest absolute Gasteiger partial charge is 0.497 e. The molecule has 2 aromatic carbocycles. The minimum atomic E-state index is 0.138. The van der Waals surface area contributed by atoms with E-state index in [1.807, 2.05) is 47.4 Å². The summed E-state index contributed by atoms with van der Waals surface area (Å²) < 4.78 is 5.39. The lowest BCUT2D eigenvalue weighted by Gasteiger charge is -2.16. The molecule has 1 heterocycles. The van der Waals surface area contributed by atoms with Crippen LogP contribution in [0, 0.1) is 0 Å². The first kappa shape index (κ1) is 19.2. The summed E-state index contributed by atoms with van der Waals surface area (Å²) in [5.74, 6) is 0.975. The zero-order valence-corrected chi connectivity index (χ0v) is 16.4. The number of benzene rings is 2. The van der Waals surface area contributed by atoms with Gasteiger partial charge in [0.1, 0.15) is 5.75 Å². The van der Waals surface area contributed by atoms with Crippen LogP contribution in [0.15, 0.2) is 54.6 Å². The number of methoxy groups -OCH3 is 1. The van der Waals surface area contributed by atoms with Crippen molar-refractivity contribution in [3.05, 3.63) is 71.3 Å². The van der Waals surface area contributed by atoms with E-state index in [1.165, 1.54) is 0 Å². The molecule has 0 spiro atoms. The second kappa shape index (κ2) is 8.87. The van der Waals surface area contributed by atoms with Crippen LogP contribution in [0.4, 0.5) is 0 Å². The zero-order chi connectivity index (χ0) is 19.2. The Hall–Kier alpha value is -2.59. The lowest BCUT2D eigenvalue weighted by molar-refractivity contribution is 0.0793. The van der Waals surface area contributed by atoms with Gasteiger partial charge in [0.15, 0.2) is 0 Å². The van der Waals surface area contributed by atoms with Crippen LogP contribution in [-0.4, -0.2) is 56.5 Å². The highest BCUT2D eigenvalue weighted by Crippen LogP contribution is 2.27. The van der Waals surface area contributed by atoms with Crippen LogP contribution in [-0.2, 0) is 0 Å². The van der Waals surface area contributed by atoms with E-state index < -0.39 is 0 Å². The number of ether oxygens (including phenoxy) is 1. The molecule has 0 atom stereocenters. The van der Waals surface area contributed by atoms with Crippen LogP contribution in [0.3, 0.4) is 0 Å². The summed E-state index contributed by atoms with van der Waals surface area (Å²) >= 11 is 0. The molecule has 4 heteroatoms. The van der Waals surface area contributed by atoms with E-state index in [1.54, 1.807) is 7.11 Å². The molecule has 1 fully saturated rings. The van der Waals surface area contributed by atoms with Crippen LogP contribution in [0.5, 0.6) is 5.75 Å². The van der Waals surface area contributed by atoms with E-state index in [-0.39, 0.29) is 5.91 Å². The maximum atomic E-state index is 12.6. The van der Waals surface area contributed by atoms with Gasteiger partial charge in [-0.3, -0.25) is 4.79 Å². The Labute approximate surface area is 162 Å². The van der Waals surface area contributed by atoms with Crippen molar-refractivity contribution in [1.29, 1.82) is 0 Å². The molecule has 0 N–H and O–H groups in total. The first-order chi connectivity index (χ1) is 13.1. The second-order valence-electron chi connectivity index (χ2n) is 7.19. The van der Waals surface area contributed by atoms with Crippen LogP contribution in [0.2, 0.25) is 0 Å². The predicted molar refractivity (Wildman–Crippen MR) is 110 cm³/mol. The van der Waals surface area contributed by atoms with Crippen LogP contribution in [0.25, 0.3) is 5.57 Å². The molecule has 0 saturated carbocycles. The second-order valence-corrected chi connectivity index (χ2v) is 7.19. The van der Waals surface area contributed by atoms with Gasteiger partial charge < -0.3 is 14.5 Å². The number of likely N-dealkylation sites (tertiary alicyclic amines) is 1. The van der Waals surface area contributed by atoms with Gasteiger partial charge >= 0.3 is 0 Å². The van der Waals surface area contributed by atoms with Gasteiger partial charge in [-0.1, -0.05) is 30.3 Å².